The van der Waals surface area contributed by atoms with Crippen molar-refractivity contribution in [1.29, 1.82) is 0 Å². The monoisotopic (exact) mass is 897 g/mol. The molecule has 0 aliphatic heterocycles. The molecule has 2 aromatic heterocycles. The van der Waals surface area contributed by atoms with Crippen molar-refractivity contribution in [3.8, 4) is 22.6 Å². The number of hydrogen-bond acceptors (Lipinski definition) is 8. The van der Waals surface area contributed by atoms with Crippen molar-refractivity contribution in [3.05, 3.63) is 136 Å². The summed E-state index contributed by atoms with van der Waals surface area (Å²) >= 11 is 6.32. The van der Waals surface area contributed by atoms with Gasteiger partial charge < -0.3 is 30.9 Å². The molecule has 3 aliphatic carbocycles. The number of anilines is 1. The Kier molecular flexibility index (Phi) is 14.1. The number of hydrogen-bond donors (Lipinski definition) is 4. The molecule has 340 valence electrons. The number of aryl methyl sites for hydroxylation is 1. The molecule has 1 spiro atoms. The average molecular weight is 899 g/mol. The van der Waals surface area contributed by atoms with Gasteiger partial charge in [0.2, 0.25) is 5.91 Å². The molecule has 2 heterocycles. The van der Waals surface area contributed by atoms with Crippen LogP contribution in [0.15, 0.2) is 97.3 Å². The first-order valence-corrected chi connectivity index (χ1v) is 23.5. The molecule has 8 rings (SSSR count). The third-order valence-corrected chi connectivity index (χ3v) is 14.3. The van der Waals surface area contributed by atoms with Crippen LogP contribution >= 0.6 is 11.6 Å². The Labute approximate surface area is 386 Å². The Bertz CT molecular complexity index is 2500. The SMILES string of the molecule is C[C@@H](COc1ccnc2c1[C@H](C)CCC2)C[C@H]1Cc2ccc(OCCCC(=O)NCCc3cccc(-c4ccc(C(N)=O)nc4)c3)cc2C12CCC(Nc1cccc(Cl)c1)(C(=O)O)CC2. The minimum atomic E-state index is -1.12. The van der Waals surface area contributed by atoms with Gasteiger partial charge in [-0.2, -0.15) is 0 Å². The Morgan fingerprint density at radius 2 is 1.78 bits per heavy atom. The smallest absolute Gasteiger partial charge is 0.329 e. The van der Waals surface area contributed by atoms with Crippen LogP contribution in [-0.2, 0) is 34.3 Å². The predicted octanol–water partition coefficient (Wildman–Crippen LogP) is 9.88. The van der Waals surface area contributed by atoms with Crippen LogP contribution in [0, 0.1) is 11.8 Å². The van der Waals surface area contributed by atoms with Crippen LogP contribution in [-0.4, -0.2) is 58.2 Å². The van der Waals surface area contributed by atoms with Gasteiger partial charge in [0, 0.05) is 52.9 Å². The summed E-state index contributed by atoms with van der Waals surface area (Å²) in [4.78, 5) is 46.2. The van der Waals surface area contributed by atoms with Gasteiger partial charge in [0.05, 0.1) is 13.2 Å². The number of carboxylic acid groups (broad SMARTS) is 1. The fourth-order valence-electron chi connectivity index (χ4n) is 10.6. The fourth-order valence-corrected chi connectivity index (χ4v) is 10.8. The van der Waals surface area contributed by atoms with Crippen molar-refractivity contribution in [1.82, 2.24) is 15.3 Å². The number of nitrogens with zero attached hydrogens (tertiary/aromatic N) is 2. The lowest BCUT2D eigenvalue weighted by molar-refractivity contribution is -0.144. The van der Waals surface area contributed by atoms with E-state index in [1.165, 1.54) is 16.7 Å². The molecule has 3 aromatic carbocycles. The summed E-state index contributed by atoms with van der Waals surface area (Å²) in [5, 5.41) is 17.7. The number of benzene rings is 3. The summed E-state index contributed by atoms with van der Waals surface area (Å²) in [6.07, 6.45) is 12.6. The molecule has 12 heteroatoms. The van der Waals surface area contributed by atoms with Crippen molar-refractivity contribution in [2.24, 2.45) is 17.6 Å². The van der Waals surface area contributed by atoms with Crippen molar-refractivity contribution in [2.45, 2.75) is 108 Å². The second kappa shape index (κ2) is 20.1. The van der Waals surface area contributed by atoms with E-state index in [9.17, 15) is 19.5 Å². The summed E-state index contributed by atoms with van der Waals surface area (Å²) in [7, 11) is 0. The molecular formula is C53H60ClN5O6. The number of carbonyl (C=O) groups is 3. The molecule has 5 aromatic rings. The van der Waals surface area contributed by atoms with Gasteiger partial charge in [-0.25, -0.2) is 4.79 Å². The number of ether oxygens (including phenoxy) is 2. The third-order valence-electron chi connectivity index (χ3n) is 14.1. The number of fused-ring (bicyclic) bond motifs is 3. The molecule has 11 nitrogen and oxygen atoms in total. The van der Waals surface area contributed by atoms with Gasteiger partial charge >= 0.3 is 5.97 Å². The highest BCUT2D eigenvalue weighted by Gasteiger charge is 2.54. The van der Waals surface area contributed by atoms with Crippen LogP contribution in [0.1, 0.15) is 116 Å². The van der Waals surface area contributed by atoms with Crippen LogP contribution in [0.25, 0.3) is 11.1 Å². The lowest BCUT2D eigenvalue weighted by Gasteiger charge is -2.47. The molecule has 5 N–H and O–H groups in total. The second-order valence-corrected chi connectivity index (χ2v) is 19.0. The third kappa shape index (κ3) is 10.5. The average Bonchev–Trinajstić information content (AvgIpc) is 3.58. The van der Waals surface area contributed by atoms with E-state index >= 15 is 0 Å². The van der Waals surface area contributed by atoms with Crippen LogP contribution in [0.2, 0.25) is 5.02 Å². The zero-order valence-electron chi connectivity index (χ0n) is 37.4. The van der Waals surface area contributed by atoms with Crippen LogP contribution in [0.4, 0.5) is 5.69 Å². The first-order chi connectivity index (χ1) is 31.4. The summed E-state index contributed by atoms with van der Waals surface area (Å²) in [5.41, 5.74) is 12.8. The summed E-state index contributed by atoms with van der Waals surface area (Å²) in [5.74, 6) is 1.28. The number of carbonyl (C=O) groups excluding carboxylic acids is 2. The number of halogens is 1. The topological polar surface area (TPSA) is 166 Å². The first kappa shape index (κ1) is 45.6. The Morgan fingerprint density at radius 3 is 2.55 bits per heavy atom. The van der Waals surface area contributed by atoms with E-state index in [1.807, 2.05) is 54.7 Å². The van der Waals surface area contributed by atoms with Gasteiger partial charge in [-0.1, -0.05) is 67.9 Å². The highest BCUT2D eigenvalue weighted by molar-refractivity contribution is 6.30. The summed E-state index contributed by atoms with van der Waals surface area (Å²) < 4.78 is 12.9. The number of pyridine rings is 2. The zero-order valence-corrected chi connectivity index (χ0v) is 38.2. The second-order valence-electron chi connectivity index (χ2n) is 18.6. The van der Waals surface area contributed by atoms with E-state index < -0.39 is 17.4 Å². The Hall–Kier alpha value is -5.94. The number of nitrogens with one attached hydrogen (secondary N) is 2. The quantitative estimate of drug-likeness (QED) is 0.0627. The number of nitrogens with two attached hydrogens (primary N) is 1. The Morgan fingerprint density at radius 1 is 0.954 bits per heavy atom. The molecular weight excluding hydrogens is 838 g/mol. The van der Waals surface area contributed by atoms with Gasteiger partial charge in [-0.05, 0) is 159 Å². The lowest BCUT2D eigenvalue weighted by Crippen LogP contribution is -2.53. The molecule has 2 amide bonds. The standard InChI is InChI=1S/C53H60ClN5O6/c1-34(33-65-47-19-25-56-45-12-3-7-35(2)49(45)47)27-40-29-38-14-16-43(31-44(38)52(40)20-22-53(23-21-52,51(62)63)59-42-11-5-10-41(54)30-42)64-26-6-13-48(60)57-24-18-36-8-4-9-37(28-36)39-15-17-46(50(55)61)58-32-39/h4-5,8-11,14-17,19,25,28,30-32,34-35,40,59H,3,6-7,12-13,18,20-24,26-27,29,33H2,1-2H3,(H2,55,61)(H,57,60)(H,62,63)/t34-,35-,40+,52?,53?/m1/s1. The van der Waals surface area contributed by atoms with Crippen molar-refractivity contribution in [3.63, 3.8) is 0 Å². The van der Waals surface area contributed by atoms with Crippen LogP contribution < -0.4 is 25.8 Å². The number of aliphatic carboxylic acids is 1. The minimum absolute atomic E-state index is 0.0290. The minimum Gasteiger partial charge on any atom is -0.494 e. The van der Waals surface area contributed by atoms with Gasteiger partial charge in [0.1, 0.15) is 22.7 Å². The van der Waals surface area contributed by atoms with E-state index in [1.54, 1.807) is 24.4 Å². The molecule has 65 heavy (non-hydrogen) atoms. The number of amides is 2. The molecule has 0 bridgehead atoms. The maximum atomic E-state index is 13.1. The van der Waals surface area contributed by atoms with Crippen LogP contribution in [0.5, 0.6) is 11.5 Å². The summed E-state index contributed by atoms with van der Waals surface area (Å²) in [6, 6.07) is 27.2. The largest absolute Gasteiger partial charge is 0.494 e. The molecule has 0 radical (unpaired) electrons. The van der Waals surface area contributed by atoms with Crippen LogP contribution in [0.3, 0.4) is 0 Å². The van der Waals surface area contributed by atoms with Crippen molar-refractivity contribution in [2.75, 3.05) is 25.1 Å². The van der Waals surface area contributed by atoms with E-state index in [0.29, 0.717) is 87.3 Å². The van der Waals surface area contributed by atoms with Crippen molar-refractivity contribution >= 4 is 35.1 Å². The van der Waals surface area contributed by atoms with E-state index in [0.717, 1.165) is 66.0 Å². The predicted molar refractivity (Wildman–Crippen MR) is 254 cm³/mol. The molecule has 0 unspecified atom stereocenters. The van der Waals surface area contributed by atoms with Crippen molar-refractivity contribution < 1.29 is 29.0 Å². The fraction of sp³-hybridized carbons (Fsp3) is 0.415. The highest BCUT2D eigenvalue weighted by atomic mass is 35.5. The number of rotatable bonds is 18. The maximum absolute atomic E-state index is 13.1. The number of carboxylic acids is 1. The molecule has 1 fully saturated rings. The van der Waals surface area contributed by atoms with Gasteiger partial charge in [0.25, 0.3) is 5.91 Å². The zero-order chi connectivity index (χ0) is 45.6. The first-order valence-electron chi connectivity index (χ1n) is 23.2. The maximum Gasteiger partial charge on any atom is 0.329 e. The highest BCUT2D eigenvalue weighted by Crippen LogP contribution is 2.57. The number of primary amides is 1. The molecule has 3 aliphatic rings. The van der Waals surface area contributed by atoms with Gasteiger partial charge in [0.15, 0.2) is 0 Å². The molecule has 3 atom stereocenters. The molecule has 1 saturated carbocycles. The van der Waals surface area contributed by atoms with Gasteiger partial charge in [-0.3, -0.25) is 19.6 Å². The van der Waals surface area contributed by atoms with E-state index in [4.69, 9.17) is 26.8 Å². The normalized spacial score (nSPS) is 21.5. The van der Waals surface area contributed by atoms with E-state index in [2.05, 4.69) is 52.6 Å². The van der Waals surface area contributed by atoms with Gasteiger partial charge in [-0.15, -0.1) is 0 Å². The van der Waals surface area contributed by atoms with E-state index in [-0.39, 0.29) is 22.9 Å². The summed E-state index contributed by atoms with van der Waals surface area (Å²) in [6.45, 7) is 6.04. The Balaban J connectivity index is 0.896. The lowest BCUT2D eigenvalue weighted by atomic mass is 9.59. The molecule has 0 saturated heterocycles. The number of aromatic nitrogens is 2.